The number of hydrogen-bond acceptors (Lipinski definition) is 4. The zero-order chi connectivity index (χ0) is 14.8. The highest BCUT2D eigenvalue weighted by Gasteiger charge is 2.62. The van der Waals surface area contributed by atoms with Crippen LogP contribution in [-0.4, -0.2) is 35.6 Å². The van der Waals surface area contributed by atoms with Crippen LogP contribution in [0.25, 0.3) is 0 Å². The summed E-state index contributed by atoms with van der Waals surface area (Å²) in [7, 11) is 0. The summed E-state index contributed by atoms with van der Waals surface area (Å²) >= 11 is 0. The van der Waals surface area contributed by atoms with Gasteiger partial charge in [0.2, 0.25) is 5.88 Å². The highest BCUT2D eigenvalue weighted by molar-refractivity contribution is 5.91. The molecule has 0 aromatic carbocycles. The van der Waals surface area contributed by atoms with E-state index in [1.165, 1.54) is 6.20 Å². The molecule has 0 aliphatic heterocycles. The van der Waals surface area contributed by atoms with E-state index >= 15 is 0 Å². The van der Waals surface area contributed by atoms with E-state index < -0.39 is 17.6 Å². The molecule has 5 nitrogen and oxygen atoms in total. The summed E-state index contributed by atoms with van der Waals surface area (Å²) in [6.07, 6.45) is -2.78. The van der Waals surface area contributed by atoms with Gasteiger partial charge in [-0.05, 0) is 26.2 Å². The molecule has 0 unspecified atom stereocenters. The maximum absolute atomic E-state index is 12.7. The Balaban J connectivity index is 1.90. The van der Waals surface area contributed by atoms with Crippen LogP contribution in [0.4, 0.5) is 13.2 Å². The summed E-state index contributed by atoms with van der Waals surface area (Å²) < 4.78 is 48.1. The SMILES string of the molecule is CCOC(=O)c1c[nH]nc1OCCC1(C(F)(F)F)CC1. The van der Waals surface area contributed by atoms with Crippen LogP contribution in [0.2, 0.25) is 0 Å². The van der Waals surface area contributed by atoms with Crippen LogP contribution >= 0.6 is 0 Å². The van der Waals surface area contributed by atoms with Crippen LogP contribution < -0.4 is 4.74 Å². The normalized spacial score (nSPS) is 16.8. The first kappa shape index (κ1) is 14.7. The van der Waals surface area contributed by atoms with Crippen molar-refractivity contribution in [2.45, 2.75) is 32.4 Å². The molecule has 1 aliphatic rings. The molecule has 1 saturated carbocycles. The third-order valence-electron chi connectivity index (χ3n) is 3.38. The molecule has 0 bridgehead atoms. The number of alkyl halides is 3. The molecule has 0 saturated heterocycles. The summed E-state index contributed by atoms with van der Waals surface area (Å²) in [5, 5.41) is 6.13. The first-order valence-electron chi connectivity index (χ1n) is 6.30. The van der Waals surface area contributed by atoms with Crippen LogP contribution in [0.1, 0.15) is 36.5 Å². The van der Waals surface area contributed by atoms with Crippen molar-refractivity contribution in [3.05, 3.63) is 11.8 Å². The minimum atomic E-state index is -4.20. The number of H-pyrrole nitrogens is 1. The van der Waals surface area contributed by atoms with Gasteiger partial charge in [-0.1, -0.05) is 0 Å². The Kier molecular flexibility index (Phi) is 3.92. The van der Waals surface area contributed by atoms with Crippen molar-refractivity contribution >= 4 is 5.97 Å². The number of nitrogens with zero attached hydrogens (tertiary/aromatic N) is 1. The van der Waals surface area contributed by atoms with Crippen molar-refractivity contribution in [3.8, 4) is 5.88 Å². The van der Waals surface area contributed by atoms with E-state index in [4.69, 9.17) is 9.47 Å². The van der Waals surface area contributed by atoms with Gasteiger partial charge in [0.05, 0.1) is 18.6 Å². The first-order chi connectivity index (χ1) is 9.39. The van der Waals surface area contributed by atoms with Gasteiger partial charge in [-0.15, -0.1) is 5.10 Å². The monoisotopic (exact) mass is 292 g/mol. The fraction of sp³-hybridized carbons (Fsp3) is 0.667. The van der Waals surface area contributed by atoms with Gasteiger partial charge in [0.15, 0.2) is 0 Å². The van der Waals surface area contributed by atoms with Crippen molar-refractivity contribution in [2.75, 3.05) is 13.2 Å². The highest BCUT2D eigenvalue weighted by Crippen LogP contribution is 2.59. The Hall–Kier alpha value is -1.73. The Bertz CT molecular complexity index is 481. The van der Waals surface area contributed by atoms with Crippen LogP contribution in [0.5, 0.6) is 5.88 Å². The minimum Gasteiger partial charge on any atom is -0.476 e. The van der Waals surface area contributed by atoms with Gasteiger partial charge < -0.3 is 9.47 Å². The van der Waals surface area contributed by atoms with Crippen molar-refractivity contribution in [1.82, 2.24) is 10.2 Å². The second kappa shape index (κ2) is 5.34. The number of carbonyl (C=O) groups is 1. The molecule has 1 aromatic rings. The van der Waals surface area contributed by atoms with E-state index in [0.717, 1.165) is 0 Å². The molecule has 1 aromatic heterocycles. The van der Waals surface area contributed by atoms with E-state index in [1.807, 2.05) is 0 Å². The number of aromatic amines is 1. The zero-order valence-corrected chi connectivity index (χ0v) is 10.9. The quantitative estimate of drug-likeness (QED) is 0.819. The molecule has 1 aliphatic carbocycles. The van der Waals surface area contributed by atoms with Crippen molar-refractivity contribution in [2.24, 2.45) is 5.41 Å². The van der Waals surface area contributed by atoms with Gasteiger partial charge in [-0.25, -0.2) is 4.79 Å². The molecule has 1 heterocycles. The van der Waals surface area contributed by atoms with Gasteiger partial charge >= 0.3 is 12.1 Å². The molecule has 0 spiro atoms. The maximum atomic E-state index is 12.7. The van der Waals surface area contributed by atoms with Gasteiger partial charge in [0.1, 0.15) is 5.56 Å². The third kappa shape index (κ3) is 2.88. The molecule has 0 radical (unpaired) electrons. The number of ether oxygens (including phenoxy) is 2. The molecule has 20 heavy (non-hydrogen) atoms. The average Bonchev–Trinajstić information content (AvgIpc) is 3.01. The Morgan fingerprint density at radius 3 is 2.75 bits per heavy atom. The summed E-state index contributed by atoms with van der Waals surface area (Å²) in [5.41, 5.74) is -1.53. The lowest BCUT2D eigenvalue weighted by atomic mass is 10.0. The smallest absolute Gasteiger partial charge is 0.394 e. The van der Waals surface area contributed by atoms with Crippen molar-refractivity contribution < 1.29 is 27.4 Å². The van der Waals surface area contributed by atoms with E-state index in [0.29, 0.717) is 0 Å². The molecule has 1 fully saturated rings. The molecule has 112 valence electrons. The number of esters is 1. The predicted octanol–water partition coefficient (Wildman–Crippen LogP) is 2.70. The number of aromatic nitrogens is 2. The van der Waals surface area contributed by atoms with Crippen LogP contribution in [0.3, 0.4) is 0 Å². The lowest BCUT2D eigenvalue weighted by molar-refractivity contribution is -0.190. The Morgan fingerprint density at radius 2 is 2.20 bits per heavy atom. The standard InChI is InChI=1S/C12H15F3N2O3/c1-2-19-10(18)8-7-16-17-9(8)20-6-5-11(3-4-11)12(13,14)15/h7H,2-6H2,1H3,(H,16,17). The highest BCUT2D eigenvalue weighted by atomic mass is 19.4. The van der Waals surface area contributed by atoms with Crippen LogP contribution in [0.15, 0.2) is 6.20 Å². The van der Waals surface area contributed by atoms with Crippen LogP contribution in [0, 0.1) is 5.41 Å². The van der Waals surface area contributed by atoms with E-state index in [2.05, 4.69) is 10.2 Å². The fourth-order valence-electron chi connectivity index (χ4n) is 1.91. The molecular formula is C12H15F3N2O3. The van der Waals surface area contributed by atoms with Gasteiger partial charge in [-0.2, -0.15) is 13.2 Å². The average molecular weight is 292 g/mol. The first-order valence-corrected chi connectivity index (χ1v) is 6.30. The van der Waals surface area contributed by atoms with Gasteiger partial charge in [0.25, 0.3) is 0 Å². The van der Waals surface area contributed by atoms with Crippen molar-refractivity contribution in [1.29, 1.82) is 0 Å². The molecule has 0 amide bonds. The number of hydrogen-bond donors (Lipinski definition) is 1. The minimum absolute atomic E-state index is 0.0265. The Labute approximate surface area is 113 Å². The van der Waals surface area contributed by atoms with Crippen molar-refractivity contribution in [3.63, 3.8) is 0 Å². The lowest BCUT2D eigenvalue weighted by Crippen LogP contribution is -2.26. The third-order valence-corrected chi connectivity index (χ3v) is 3.38. The zero-order valence-electron chi connectivity index (χ0n) is 10.9. The van der Waals surface area contributed by atoms with Gasteiger partial charge in [0, 0.05) is 6.20 Å². The van der Waals surface area contributed by atoms with E-state index in [1.54, 1.807) is 6.92 Å². The fourth-order valence-corrected chi connectivity index (χ4v) is 1.91. The lowest BCUT2D eigenvalue weighted by Gasteiger charge is -2.18. The van der Waals surface area contributed by atoms with E-state index in [9.17, 15) is 18.0 Å². The van der Waals surface area contributed by atoms with Crippen LogP contribution in [-0.2, 0) is 4.74 Å². The molecular weight excluding hydrogens is 277 g/mol. The topological polar surface area (TPSA) is 64.2 Å². The summed E-state index contributed by atoms with van der Waals surface area (Å²) in [4.78, 5) is 11.5. The Morgan fingerprint density at radius 1 is 1.50 bits per heavy atom. The summed E-state index contributed by atoms with van der Waals surface area (Å²) in [6, 6.07) is 0. The van der Waals surface area contributed by atoms with Gasteiger partial charge in [-0.3, -0.25) is 5.10 Å². The number of carbonyl (C=O) groups excluding carboxylic acids is 1. The largest absolute Gasteiger partial charge is 0.476 e. The number of halogens is 3. The molecule has 1 N–H and O–H groups in total. The molecule has 8 heteroatoms. The predicted molar refractivity (Wildman–Crippen MR) is 62.4 cm³/mol. The second-order valence-corrected chi connectivity index (χ2v) is 4.70. The summed E-state index contributed by atoms with van der Waals surface area (Å²) in [5.74, 6) is -0.644. The van der Waals surface area contributed by atoms with E-state index in [-0.39, 0.29) is 43.9 Å². The number of nitrogens with one attached hydrogen (secondary N) is 1. The number of rotatable bonds is 6. The maximum Gasteiger partial charge on any atom is 0.394 e. The molecule has 2 rings (SSSR count). The summed E-state index contributed by atoms with van der Waals surface area (Å²) in [6.45, 7) is 1.70. The second-order valence-electron chi connectivity index (χ2n) is 4.70. The molecule has 0 atom stereocenters.